The zero-order valence-corrected chi connectivity index (χ0v) is 10.5. The second kappa shape index (κ2) is 7.81. The Morgan fingerprint density at radius 1 is 1.37 bits per heavy atom. The molecule has 0 bridgehead atoms. The van der Waals surface area contributed by atoms with Crippen molar-refractivity contribution in [2.24, 2.45) is 5.73 Å². The summed E-state index contributed by atoms with van der Waals surface area (Å²) in [6, 6.07) is 3.07. The van der Waals surface area contributed by atoms with Crippen LogP contribution in [0, 0.1) is 11.6 Å². The van der Waals surface area contributed by atoms with Gasteiger partial charge in [0.25, 0.3) is 0 Å². The third kappa shape index (κ3) is 5.76. The summed E-state index contributed by atoms with van der Waals surface area (Å²) in [7, 11) is 0. The minimum Gasteiger partial charge on any atom is -0.387 e. The fraction of sp³-hybridized carbons (Fsp3) is 0.462. The second-order valence-electron chi connectivity index (χ2n) is 4.31. The molecule has 0 saturated carbocycles. The van der Waals surface area contributed by atoms with Crippen molar-refractivity contribution >= 4 is 5.91 Å². The number of primary amides is 1. The molecule has 19 heavy (non-hydrogen) atoms. The van der Waals surface area contributed by atoms with Gasteiger partial charge in [-0.2, -0.15) is 0 Å². The number of carbonyl (C=O) groups excluding carboxylic acids is 1. The van der Waals surface area contributed by atoms with E-state index in [2.05, 4.69) is 5.32 Å². The van der Waals surface area contributed by atoms with Crippen LogP contribution in [0.15, 0.2) is 18.2 Å². The van der Waals surface area contributed by atoms with Crippen LogP contribution < -0.4 is 11.1 Å². The van der Waals surface area contributed by atoms with Gasteiger partial charge in [-0.25, -0.2) is 8.78 Å². The van der Waals surface area contributed by atoms with Gasteiger partial charge in [-0.05, 0) is 25.5 Å². The minimum atomic E-state index is -1.03. The molecule has 1 unspecified atom stereocenters. The third-order valence-corrected chi connectivity index (χ3v) is 2.69. The quantitative estimate of drug-likeness (QED) is 0.623. The Hall–Kier alpha value is -1.53. The van der Waals surface area contributed by atoms with Gasteiger partial charge >= 0.3 is 0 Å². The van der Waals surface area contributed by atoms with Gasteiger partial charge in [0.15, 0.2) is 0 Å². The highest BCUT2D eigenvalue weighted by Gasteiger charge is 2.12. The van der Waals surface area contributed by atoms with Crippen molar-refractivity contribution in [3.63, 3.8) is 0 Å². The Kier molecular flexibility index (Phi) is 6.38. The van der Waals surface area contributed by atoms with E-state index in [1.165, 1.54) is 6.07 Å². The van der Waals surface area contributed by atoms with E-state index in [4.69, 9.17) is 5.73 Å². The number of rotatable bonds is 8. The molecule has 1 rings (SSSR count). The molecule has 0 radical (unpaired) electrons. The normalized spacial score (nSPS) is 12.4. The monoisotopic (exact) mass is 272 g/mol. The number of hydrogen-bond acceptors (Lipinski definition) is 3. The maximum absolute atomic E-state index is 13.3. The molecule has 6 heteroatoms. The Labute approximate surface area is 110 Å². The maximum atomic E-state index is 13.3. The maximum Gasteiger partial charge on any atom is 0.217 e. The van der Waals surface area contributed by atoms with E-state index in [1.54, 1.807) is 0 Å². The molecule has 0 spiro atoms. The molecular formula is C13H18F2N2O2. The fourth-order valence-corrected chi connectivity index (χ4v) is 1.67. The number of carbonyl (C=O) groups is 1. The number of halogens is 2. The average Bonchev–Trinajstić information content (AvgIpc) is 2.32. The molecule has 1 aromatic carbocycles. The molecule has 1 amide bonds. The number of hydrogen-bond donors (Lipinski definition) is 3. The molecule has 1 aromatic rings. The van der Waals surface area contributed by atoms with Crippen LogP contribution in [0.25, 0.3) is 0 Å². The lowest BCUT2D eigenvalue weighted by molar-refractivity contribution is -0.118. The van der Waals surface area contributed by atoms with Crippen molar-refractivity contribution < 1.29 is 18.7 Å². The highest BCUT2D eigenvalue weighted by Crippen LogP contribution is 2.17. The third-order valence-electron chi connectivity index (χ3n) is 2.69. The molecule has 0 saturated heterocycles. The van der Waals surface area contributed by atoms with E-state index in [9.17, 15) is 18.7 Å². The largest absolute Gasteiger partial charge is 0.387 e. The number of unbranched alkanes of at least 4 members (excludes halogenated alkanes) is 1. The van der Waals surface area contributed by atoms with E-state index >= 15 is 0 Å². The van der Waals surface area contributed by atoms with Gasteiger partial charge < -0.3 is 16.2 Å². The van der Waals surface area contributed by atoms with Crippen molar-refractivity contribution in [2.45, 2.75) is 25.4 Å². The molecule has 4 N–H and O–H groups in total. The van der Waals surface area contributed by atoms with Gasteiger partial charge in [0.1, 0.15) is 11.6 Å². The van der Waals surface area contributed by atoms with E-state index in [0.717, 1.165) is 18.6 Å². The summed E-state index contributed by atoms with van der Waals surface area (Å²) in [5.74, 6) is -1.77. The summed E-state index contributed by atoms with van der Waals surface area (Å²) >= 11 is 0. The highest BCUT2D eigenvalue weighted by atomic mass is 19.1. The molecule has 0 heterocycles. The molecule has 0 aliphatic heterocycles. The SMILES string of the molecule is NC(=O)CCCCNCC(O)c1ccc(F)cc1F. The minimum absolute atomic E-state index is 0.0611. The fourth-order valence-electron chi connectivity index (χ4n) is 1.67. The Morgan fingerprint density at radius 3 is 2.74 bits per heavy atom. The van der Waals surface area contributed by atoms with Gasteiger partial charge in [0, 0.05) is 24.6 Å². The number of nitrogens with two attached hydrogens (primary N) is 1. The molecule has 0 fully saturated rings. The molecule has 4 nitrogen and oxygen atoms in total. The predicted octanol–water partition coefficient (Wildman–Crippen LogP) is 1.24. The highest BCUT2D eigenvalue weighted by molar-refractivity contribution is 5.73. The van der Waals surface area contributed by atoms with Crippen molar-refractivity contribution in [3.8, 4) is 0 Å². The van der Waals surface area contributed by atoms with Crippen LogP contribution in [0.5, 0.6) is 0 Å². The summed E-state index contributed by atoms with van der Waals surface area (Å²) < 4.78 is 26.0. The van der Waals surface area contributed by atoms with Gasteiger partial charge in [0.2, 0.25) is 5.91 Å². The first kappa shape index (κ1) is 15.5. The lowest BCUT2D eigenvalue weighted by atomic mass is 10.1. The standard InChI is InChI=1S/C13H18F2N2O2/c14-9-4-5-10(11(15)7-9)12(18)8-17-6-2-1-3-13(16)19/h4-5,7,12,17-18H,1-3,6,8H2,(H2,16,19). The van der Waals surface area contributed by atoms with Crippen molar-refractivity contribution in [1.82, 2.24) is 5.32 Å². The van der Waals surface area contributed by atoms with Crippen LogP contribution >= 0.6 is 0 Å². The van der Waals surface area contributed by atoms with Crippen molar-refractivity contribution in [1.29, 1.82) is 0 Å². The molecule has 0 aromatic heterocycles. The van der Waals surface area contributed by atoms with Crippen molar-refractivity contribution in [3.05, 3.63) is 35.4 Å². The Balaban J connectivity index is 2.27. The summed E-state index contributed by atoms with van der Waals surface area (Å²) in [6.45, 7) is 0.756. The Bertz CT molecular complexity index is 427. The number of benzene rings is 1. The number of aliphatic hydroxyl groups is 1. The molecular weight excluding hydrogens is 254 g/mol. The summed E-state index contributed by atoms with van der Waals surface area (Å²) in [5.41, 5.74) is 5.05. The average molecular weight is 272 g/mol. The zero-order chi connectivity index (χ0) is 14.3. The van der Waals surface area contributed by atoms with Gasteiger partial charge in [-0.3, -0.25) is 4.79 Å². The lowest BCUT2D eigenvalue weighted by Gasteiger charge is -2.13. The molecule has 106 valence electrons. The van der Waals surface area contributed by atoms with Crippen LogP contribution in [0.1, 0.15) is 30.9 Å². The topological polar surface area (TPSA) is 75.4 Å². The van der Waals surface area contributed by atoms with E-state index in [0.29, 0.717) is 19.4 Å². The van der Waals surface area contributed by atoms with Gasteiger partial charge in [0.05, 0.1) is 6.10 Å². The second-order valence-corrected chi connectivity index (χ2v) is 4.31. The summed E-state index contributed by atoms with van der Waals surface area (Å²) in [5, 5.41) is 12.7. The van der Waals surface area contributed by atoms with Crippen LogP contribution in [-0.4, -0.2) is 24.1 Å². The number of aliphatic hydroxyl groups excluding tert-OH is 1. The first-order valence-electron chi connectivity index (χ1n) is 6.12. The molecule has 0 aliphatic carbocycles. The number of nitrogens with one attached hydrogen (secondary N) is 1. The van der Waals surface area contributed by atoms with Gasteiger partial charge in [-0.15, -0.1) is 0 Å². The van der Waals surface area contributed by atoms with Gasteiger partial charge in [-0.1, -0.05) is 6.07 Å². The molecule has 1 atom stereocenters. The smallest absolute Gasteiger partial charge is 0.217 e. The summed E-state index contributed by atoms with van der Waals surface area (Å²) in [4.78, 5) is 10.5. The Morgan fingerprint density at radius 2 is 2.11 bits per heavy atom. The van der Waals surface area contributed by atoms with Crippen LogP contribution in [-0.2, 0) is 4.79 Å². The van der Waals surface area contributed by atoms with E-state index in [-0.39, 0.29) is 18.0 Å². The van der Waals surface area contributed by atoms with Crippen LogP contribution in [0.3, 0.4) is 0 Å². The lowest BCUT2D eigenvalue weighted by Crippen LogP contribution is -2.23. The molecule has 0 aliphatic rings. The van der Waals surface area contributed by atoms with Crippen LogP contribution in [0.4, 0.5) is 8.78 Å². The van der Waals surface area contributed by atoms with E-state index in [1.807, 2.05) is 0 Å². The summed E-state index contributed by atoms with van der Waals surface area (Å²) in [6.07, 6.45) is 0.707. The predicted molar refractivity (Wildman–Crippen MR) is 67.2 cm³/mol. The van der Waals surface area contributed by atoms with Crippen molar-refractivity contribution in [2.75, 3.05) is 13.1 Å². The zero-order valence-electron chi connectivity index (χ0n) is 10.5. The van der Waals surface area contributed by atoms with E-state index < -0.39 is 17.7 Å². The number of amides is 1. The van der Waals surface area contributed by atoms with Crippen LogP contribution in [0.2, 0.25) is 0 Å². The first-order chi connectivity index (χ1) is 9.00. The first-order valence-corrected chi connectivity index (χ1v) is 6.12.